The van der Waals surface area contributed by atoms with Crippen molar-refractivity contribution in [3.8, 4) is 0 Å². The van der Waals surface area contributed by atoms with E-state index in [1.807, 2.05) is 46.0 Å². The second-order valence-electron chi connectivity index (χ2n) is 6.91. The summed E-state index contributed by atoms with van der Waals surface area (Å²) in [4.78, 5) is 26.6. The van der Waals surface area contributed by atoms with Crippen LogP contribution in [0.15, 0.2) is 29.8 Å². The van der Waals surface area contributed by atoms with Gasteiger partial charge in [-0.2, -0.15) is 0 Å². The van der Waals surface area contributed by atoms with Crippen LogP contribution in [0.4, 0.5) is 17.1 Å². The van der Waals surface area contributed by atoms with E-state index in [2.05, 4.69) is 10.2 Å². The van der Waals surface area contributed by atoms with Crippen molar-refractivity contribution in [3.05, 3.63) is 40.0 Å². The van der Waals surface area contributed by atoms with Crippen LogP contribution in [0.5, 0.6) is 0 Å². The molecule has 150 valence electrons. The SMILES string of the molecule is C/C=C(\C)CC(Nc1cc(N(C)CCCN(C)C)ccc1[N+](=O)[O-])C(=O)O. The van der Waals surface area contributed by atoms with Gasteiger partial charge < -0.3 is 20.2 Å². The molecule has 0 aromatic heterocycles. The number of nitrogens with zero attached hydrogens (tertiary/aromatic N) is 3. The predicted octanol–water partition coefficient (Wildman–Crippen LogP) is 3.20. The third kappa shape index (κ3) is 7.26. The van der Waals surface area contributed by atoms with Crippen LogP contribution in [0.1, 0.15) is 26.7 Å². The minimum Gasteiger partial charge on any atom is -0.480 e. The number of aliphatic carboxylic acids is 1. The van der Waals surface area contributed by atoms with E-state index in [1.54, 1.807) is 12.1 Å². The summed E-state index contributed by atoms with van der Waals surface area (Å²) in [5.41, 5.74) is 1.78. The van der Waals surface area contributed by atoms with E-state index < -0.39 is 16.9 Å². The van der Waals surface area contributed by atoms with Gasteiger partial charge in [0.05, 0.1) is 4.92 Å². The molecule has 0 fully saturated rings. The number of hydrogen-bond donors (Lipinski definition) is 2. The van der Waals surface area contributed by atoms with Crippen LogP contribution in [0, 0.1) is 10.1 Å². The third-order valence-electron chi connectivity index (χ3n) is 4.36. The monoisotopic (exact) mass is 378 g/mol. The summed E-state index contributed by atoms with van der Waals surface area (Å²) in [6.07, 6.45) is 3.05. The zero-order valence-electron chi connectivity index (χ0n) is 16.7. The highest BCUT2D eigenvalue weighted by atomic mass is 16.6. The van der Waals surface area contributed by atoms with Gasteiger partial charge in [-0.3, -0.25) is 10.1 Å². The normalized spacial score (nSPS) is 12.7. The lowest BCUT2D eigenvalue weighted by Gasteiger charge is -2.22. The van der Waals surface area contributed by atoms with Crippen LogP contribution in [0.2, 0.25) is 0 Å². The summed E-state index contributed by atoms with van der Waals surface area (Å²) >= 11 is 0. The van der Waals surface area contributed by atoms with Gasteiger partial charge >= 0.3 is 5.97 Å². The molecule has 1 aromatic carbocycles. The van der Waals surface area contributed by atoms with E-state index in [1.165, 1.54) is 6.07 Å². The molecule has 0 aliphatic carbocycles. The lowest BCUT2D eigenvalue weighted by molar-refractivity contribution is -0.384. The van der Waals surface area contributed by atoms with Crippen LogP contribution in [0.3, 0.4) is 0 Å². The highest BCUT2D eigenvalue weighted by Gasteiger charge is 2.23. The molecule has 0 radical (unpaired) electrons. The molecule has 0 heterocycles. The molecule has 0 saturated carbocycles. The summed E-state index contributed by atoms with van der Waals surface area (Å²) in [6, 6.07) is 3.82. The number of rotatable bonds is 11. The van der Waals surface area contributed by atoms with Crippen molar-refractivity contribution in [2.75, 3.05) is 44.4 Å². The van der Waals surface area contributed by atoms with Gasteiger partial charge in [0.25, 0.3) is 5.69 Å². The van der Waals surface area contributed by atoms with E-state index >= 15 is 0 Å². The summed E-state index contributed by atoms with van der Waals surface area (Å²) < 4.78 is 0. The minimum atomic E-state index is -1.05. The van der Waals surface area contributed by atoms with Gasteiger partial charge in [-0.25, -0.2) is 4.79 Å². The van der Waals surface area contributed by atoms with Crippen molar-refractivity contribution in [2.24, 2.45) is 0 Å². The molecule has 8 nitrogen and oxygen atoms in total. The second kappa shape index (κ2) is 10.5. The Morgan fingerprint density at radius 2 is 2.00 bits per heavy atom. The number of anilines is 2. The van der Waals surface area contributed by atoms with Crippen molar-refractivity contribution in [1.29, 1.82) is 0 Å². The molecule has 1 unspecified atom stereocenters. The van der Waals surface area contributed by atoms with E-state index in [-0.39, 0.29) is 17.8 Å². The Labute approximate surface area is 160 Å². The van der Waals surface area contributed by atoms with Gasteiger partial charge in [0.15, 0.2) is 0 Å². The topological polar surface area (TPSA) is 99.0 Å². The third-order valence-corrected chi connectivity index (χ3v) is 4.36. The average Bonchev–Trinajstić information content (AvgIpc) is 2.60. The number of nitrogens with one attached hydrogen (secondary N) is 1. The molecule has 27 heavy (non-hydrogen) atoms. The molecule has 0 aliphatic rings. The predicted molar refractivity (Wildman–Crippen MR) is 109 cm³/mol. The Morgan fingerprint density at radius 1 is 1.33 bits per heavy atom. The maximum atomic E-state index is 11.6. The molecule has 1 aromatic rings. The standard InChI is InChI=1S/C19H30N4O4/c1-6-14(2)12-17(19(24)25)20-16-13-15(8-9-18(16)23(26)27)22(5)11-7-10-21(3)4/h6,8-9,13,17,20H,7,10-12H2,1-5H3,(H,24,25)/b14-6+. The molecular formula is C19H30N4O4. The fourth-order valence-electron chi connectivity index (χ4n) is 2.62. The molecule has 0 bridgehead atoms. The Bertz CT molecular complexity index is 688. The maximum Gasteiger partial charge on any atom is 0.326 e. The average molecular weight is 378 g/mol. The Balaban J connectivity index is 3.07. The van der Waals surface area contributed by atoms with Crippen LogP contribution in [0.25, 0.3) is 0 Å². The first-order valence-corrected chi connectivity index (χ1v) is 8.91. The first-order chi connectivity index (χ1) is 12.6. The summed E-state index contributed by atoms with van der Waals surface area (Å²) in [5, 5.41) is 23.7. The number of benzene rings is 1. The number of nitro benzene ring substituents is 1. The number of carboxylic acid groups (broad SMARTS) is 1. The molecule has 1 atom stereocenters. The molecule has 1 rings (SSSR count). The zero-order chi connectivity index (χ0) is 20.6. The van der Waals surface area contributed by atoms with Gasteiger partial charge in [0.2, 0.25) is 0 Å². The van der Waals surface area contributed by atoms with Crippen molar-refractivity contribution in [1.82, 2.24) is 4.90 Å². The zero-order valence-corrected chi connectivity index (χ0v) is 16.7. The summed E-state index contributed by atoms with van der Waals surface area (Å²) in [5.74, 6) is -1.05. The molecule has 0 spiro atoms. The fourth-order valence-corrected chi connectivity index (χ4v) is 2.62. The number of nitro groups is 1. The lowest BCUT2D eigenvalue weighted by atomic mass is 10.1. The van der Waals surface area contributed by atoms with Crippen LogP contribution >= 0.6 is 0 Å². The number of allylic oxidation sites excluding steroid dienone is 1. The Hall–Kier alpha value is -2.61. The van der Waals surface area contributed by atoms with Crippen LogP contribution in [-0.4, -0.2) is 61.2 Å². The fraction of sp³-hybridized carbons (Fsp3) is 0.526. The first-order valence-electron chi connectivity index (χ1n) is 8.91. The van der Waals surface area contributed by atoms with E-state index in [0.29, 0.717) is 0 Å². The minimum absolute atomic E-state index is 0.134. The van der Waals surface area contributed by atoms with Gasteiger partial charge in [0, 0.05) is 25.3 Å². The van der Waals surface area contributed by atoms with E-state index in [4.69, 9.17) is 0 Å². The van der Waals surface area contributed by atoms with Gasteiger partial charge in [-0.05, 0) is 59.5 Å². The molecule has 2 N–H and O–H groups in total. The molecule has 0 amide bonds. The second-order valence-corrected chi connectivity index (χ2v) is 6.91. The number of hydrogen-bond acceptors (Lipinski definition) is 6. The summed E-state index contributed by atoms with van der Waals surface area (Å²) in [7, 11) is 5.93. The number of carboxylic acids is 1. The smallest absolute Gasteiger partial charge is 0.326 e. The largest absolute Gasteiger partial charge is 0.480 e. The van der Waals surface area contributed by atoms with Gasteiger partial charge in [0.1, 0.15) is 11.7 Å². The molecule has 8 heteroatoms. The van der Waals surface area contributed by atoms with Crippen molar-refractivity contribution in [3.63, 3.8) is 0 Å². The van der Waals surface area contributed by atoms with Crippen LogP contribution < -0.4 is 10.2 Å². The quantitative estimate of drug-likeness (QED) is 0.346. The van der Waals surface area contributed by atoms with Crippen molar-refractivity contribution < 1.29 is 14.8 Å². The maximum absolute atomic E-state index is 11.6. The van der Waals surface area contributed by atoms with E-state index in [9.17, 15) is 20.0 Å². The van der Waals surface area contributed by atoms with Gasteiger partial charge in [-0.15, -0.1) is 0 Å². The highest BCUT2D eigenvalue weighted by Crippen LogP contribution is 2.30. The van der Waals surface area contributed by atoms with E-state index in [0.717, 1.165) is 30.8 Å². The molecule has 0 saturated heterocycles. The summed E-state index contributed by atoms with van der Waals surface area (Å²) in [6.45, 7) is 5.39. The van der Waals surface area contributed by atoms with Gasteiger partial charge in [-0.1, -0.05) is 11.6 Å². The van der Waals surface area contributed by atoms with Crippen molar-refractivity contribution >= 4 is 23.0 Å². The van der Waals surface area contributed by atoms with Crippen molar-refractivity contribution in [2.45, 2.75) is 32.7 Å². The highest BCUT2D eigenvalue weighted by molar-refractivity contribution is 5.80. The Morgan fingerprint density at radius 3 is 2.52 bits per heavy atom. The Kier molecular flexibility index (Phi) is 8.74. The molecular weight excluding hydrogens is 348 g/mol. The molecule has 0 aliphatic heterocycles. The lowest BCUT2D eigenvalue weighted by Crippen LogP contribution is -2.30. The first kappa shape index (κ1) is 22.4. The number of carbonyl (C=O) groups is 1. The van der Waals surface area contributed by atoms with Crippen LogP contribution in [-0.2, 0) is 4.79 Å².